The minimum absolute atomic E-state index is 0.0829. The Morgan fingerprint density at radius 3 is 1.44 bits per heavy atom. The van der Waals surface area contributed by atoms with Crippen molar-refractivity contribution in [2.24, 2.45) is 5.41 Å². The fourth-order valence-electron chi connectivity index (χ4n) is 6.84. The zero-order valence-corrected chi connectivity index (χ0v) is 38.1. The first-order chi connectivity index (χ1) is 28.8. The van der Waals surface area contributed by atoms with Crippen LogP contribution in [-0.4, -0.2) is 58.0 Å². The van der Waals surface area contributed by atoms with E-state index < -0.39 is 26.0 Å². The maximum Gasteiger partial charge on any atom is 0.289 e. The van der Waals surface area contributed by atoms with E-state index in [4.69, 9.17) is 9.47 Å². The molecule has 0 radical (unpaired) electrons. The molecular formula is C49H84N2O7S. The van der Waals surface area contributed by atoms with Crippen molar-refractivity contribution < 1.29 is 27.9 Å². The number of hydrogen-bond acceptors (Lipinski definition) is 7. The molecule has 0 fully saturated rings. The first-order valence-electron chi connectivity index (χ1n) is 23.4. The summed E-state index contributed by atoms with van der Waals surface area (Å²) in [6, 6.07) is 5.31. The molecule has 0 heterocycles. The van der Waals surface area contributed by atoms with Gasteiger partial charge in [-0.2, -0.15) is 0 Å². The van der Waals surface area contributed by atoms with E-state index in [0.29, 0.717) is 39.3 Å². The number of nitro benzene ring substituents is 1. The van der Waals surface area contributed by atoms with Crippen molar-refractivity contribution in [2.45, 2.75) is 186 Å². The smallest absolute Gasteiger partial charge is 0.289 e. The van der Waals surface area contributed by atoms with E-state index in [1.807, 2.05) is 0 Å². The summed E-state index contributed by atoms with van der Waals surface area (Å²) in [5.74, 6) is 0. The van der Waals surface area contributed by atoms with Gasteiger partial charge in [0.1, 0.15) is 0 Å². The predicted octanol–water partition coefficient (Wildman–Crippen LogP) is 13.3. The minimum atomic E-state index is -4.20. The highest BCUT2D eigenvalue weighted by Crippen LogP contribution is 2.29. The highest BCUT2D eigenvalue weighted by molar-refractivity contribution is 7.89. The fraction of sp³-hybridized carbons (Fsp3) is 0.714. The van der Waals surface area contributed by atoms with Crippen LogP contribution in [0.3, 0.4) is 0 Å². The van der Waals surface area contributed by atoms with E-state index in [9.17, 15) is 23.6 Å². The van der Waals surface area contributed by atoms with Crippen LogP contribution >= 0.6 is 0 Å². The number of allylic oxidation sites excluding steroid dienone is 8. The van der Waals surface area contributed by atoms with Crippen LogP contribution in [0.4, 0.5) is 5.69 Å². The van der Waals surface area contributed by atoms with E-state index in [-0.39, 0.29) is 18.0 Å². The summed E-state index contributed by atoms with van der Waals surface area (Å²) < 4.78 is 41.0. The molecule has 0 spiro atoms. The first-order valence-corrected chi connectivity index (χ1v) is 24.9. The van der Waals surface area contributed by atoms with Crippen LogP contribution in [0.15, 0.2) is 77.8 Å². The van der Waals surface area contributed by atoms with Gasteiger partial charge in [-0.3, -0.25) is 10.1 Å². The van der Waals surface area contributed by atoms with Gasteiger partial charge in [0.25, 0.3) is 5.69 Å². The Hall–Kier alpha value is -2.63. The molecule has 1 rings (SSSR count). The SMILES string of the molecule is CCCCC/C=C\C/C=C\CCCCCCCCOCCC(CO)(CCOCCCCCCCC/C=C\C/C=C\CCCCC)CNS(=O)(=O)c1ccccc1[N+](=O)[O-]. The molecule has 0 saturated carbocycles. The molecule has 10 heteroatoms. The molecule has 0 aliphatic heterocycles. The van der Waals surface area contributed by atoms with E-state index in [1.54, 1.807) is 0 Å². The quantitative estimate of drug-likeness (QED) is 0.0290. The molecule has 0 bridgehead atoms. The number of unbranched alkanes of at least 4 members (excludes halogenated alkanes) is 18. The summed E-state index contributed by atoms with van der Waals surface area (Å²) in [5, 5.41) is 22.2. The molecule has 0 atom stereocenters. The number of aliphatic hydroxyl groups is 1. The molecule has 9 nitrogen and oxygen atoms in total. The Morgan fingerprint density at radius 1 is 0.610 bits per heavy atom. The molecule has 0 saturated heterocycles. The highest BCUT2D eigenvalue weighted by Gasteiger charge is 2.33. The molecule has 0 aliphatic rings. The van der Waals surface area contributed by atoms with Gasteiger partial charge in [0.2, 0.25) is 10.0 Å². The summed E-state index contributed by atoms with van der Waals surface area (Å²) in [7, 11) is -4.20. The molecule has 0 amide bonds. The van der Waals surface area contributed by atoms with Crippen LogP contribution in [0.25, 0.3) is 0 Å². The number of aliphatic hydroxyl groups excluding tert-OH is 1. The topological polar surface area (TPSA) is 128 Å². The van der Waals surface area contributed by atoms with E-state index >= 15 is 0 Å². The normalized spacial score (nSPS) is 12.7. The van der Waals surface area contributed by atoms with Gasteiger partial charge in [0, 0.05) is 44.5 Å². The van der Waals surface area contributed by atoms with Gasteiger partial charge in [-0.05, 0) is 96.0 Å². The van der Waals surface area contributed by atoms with Crippen LogP contribution < -0.4 is 4.72 Å². The summed E-state index contributed by atoms with van der Waals surface area (Å²) in [6.45, 7) is 6.10. The average molecular weight is 845 g/mol. The summed E-state index contributed by atoms with van der Waals surface area (Å²) in [5.41, 5.74) is -1.32. The lowest BCUT2D eigenvalue weighted by molar-refractivity contribution is -0.387. The number of nitro groups is 1. The summed E-state index contributed by atoms with van der Waals surface area (Å²) in [4.78, 5) is 10.5. The van der Waals surface area contributed by atoms with Gasteiger partial charge in [0.05, 0.1) is 11.5 Å². The monoisotopic (exact) mass is 845 g/mol. The molecule has 0 unspecified atom stereocenters. The Kier molecular flexibility index (Phi) is 35.3. The Bertz CT molecular complexity index is 1320. The summed E-state index contributed by atoms with van der Waals surface area (Å²) in [6.07, 6.45) is 47.5. The third kappa shape index (κ3) is 30.1. The van der Waals surface area contributed by atoms with Gasteiger partial charge in [-0.25, -0.2) is 13.1 Å². The lowest BCUT2D eigenvalue weighted by atomic mass is 9.82. The Morgan fingerprint density at radius 2 is 1.02 bits per heavy atom. The van der Waals surface area contributed by atoms with Crippen molar-refractivity contribution in [1.29, 1.82) is 0 Å². The van der Waals surface area contributed by atoms with Crippen molar-refractivity contribution >= 4 is 15.7 Å². The third-order valence-electron chi connectivity index (χ3n) is 10.9. The Labute approximate surface area is 360 Å². The van der Waals surface area contributed by atoms with Crippen LogP contribution in [-0.2, 0) is 19.5 Å². The highest BCUT2D eigenvalue weighted by atomic mass is 32.2. The fourth-order valence-corrected chi connectivity index (χ4v) is 8.17. The van der Waals surface area contributed by atoms with Crippen molar-refractivity contribution in [3.05, 3.63) is 83.0 Å². The zero-order chi connectivity index (χ0) is 43.0. The van der Waals surface area contributed by atoms with Gasteiger partial charge >= 0.3 is 0 Å². The molecule has 1 aromatic carbocycles. The molecule has 338 valence electrons. The zero-order valence-electron chi connectivity index (χ0n) is 37.3. The van der Waals surface area contributed by atoms with Crippen molar-refractivity contribution in [1.82, 2.24) is 4.72 Å². The molecule has 0 aliphatic carbocycles. The number of ether oxygens (including phenoxy) is 2. The van der Waals surface area contributed by atoms with Gasteiger partial charge in [-0.1, -0.05) is 152 Å². The van der Waals surface area contributed by atoms with Crippen LogP contribution in [0.1, 0.15) is 181 Å². The van der Waals surface area contributed by atoms with E-state index in [0.717, 1.165) is 51.4 Å². The number of nitrogens with one attached hydrogen (secondary N) is 1. The predicted molar refractivity (Wildman–Crippen MR) is 247 cm³/mol. The number of benzene rings is 1. The lowest BCUT2D eigenvalue weighted by Gasteiger charge is -2.32. The van der Waals surface area contributed by atoms with Gasteiger partial charge < -0.3 is 14.6 Å². The second kappa shape index (κ2) is 38.3. The molecule has 59 heavy (non-hydrogen) atoms. The second-order valence-corrected chi connectivity index (χ2v) is 17.8. The lowest BCUT2D eigenvalue weighted by Crippen LogP contribution is -2.42. The van der Waals surface area contributed by atoms with Crippen molar-refractivity contribution in [3.8, 4) is 0 Å². The van der Waals surface area contributed by atoms with Crippen molar-refractivity contribution in [2.75, 3.05) is 39.6 Å². The second-order valence-electron chi connectivity index (χ2n) is 16.1. The summed E-state index contributed by atoms with van der Waals surface area (Å²) >= 11 is 0. The molecule has 2 N–H and O–H groups in total. The molecular weight excluding hydrogens is 761 g/mol. The number of nitrogens with zero attached hydrogens (tertiary/aromatic N) is 1. The largest absolute Gasteiger partial charge is 0.396 e. The van der Waals surface area contributed by atoms with Crippen LogP contribution in [0.2, 0.25) is 0 Å². The Balaban J connectivity index is 2.41. The first kappa shape index (κ1) is 54.4. The number of hydrogen-bond donors (Lipinski definition) is 2. The third-order valence-corrected chi connectivity index (χ3v) is 12.3. The maximum absolute atomic E-state index is 13.2. The molecule has 1 aromatic rings. The molecule has 0 aromatic heterocycles. The number of sulfonamides is 1. The van der Waals surface area contributed by atoms with Crippen molar-refractivity contribution in [3.63, 3.8) is 0 Å². The van der Waals surface area contributed by atoms with Gasteiger partial charge in [-0.15, -0.1) is 0 Å². The standard InChI is InChI=1S/C49H84N2O7S/c1-3-5-7-9-11-13-15-17-19-21-23-25-27-29-31-35-41-57-43-39-49(46-52,45-50-59(55,56)48-38-34-33-37-47(48)51(53)54)40-44-58-42-36-32-30-28-26-24-22-20-18-16-14-12-10-8-6-4-2/h11-14,17-20,33-34,37-38,50,52H,3-10,15-16,21-32,35-36,39-46H2,1-2H3/b13-11-,14-12-,19-17-,20-18-. The number of para-hydroxylation sites is 1. The minimum Gasteiger partial charge on any atom is -0.396 e. The maximum atomic E-state index is 13.2. The van der Waals surface area contributed by atoms with E-state index in [2.05, 4.69) is 67.2 Å². The van der Waals surface area contributed by atoms with Crippen LogP contribution in [0.5, 0.6) is 0 Å². The van der Waals surface area contributed by atoms with Crippen LogP contribution in [0, 0.1) is 15.5 Å². The van der Waals surface area contributed by atoms with E-state index in [1.165, 1.54) is 127 Å². The average Bonchev–Trinajstić information content (AvgIpc) is 3.24. The van der Waals surface area contributed by atoms with Gasteiger partial charge in [0.15, 0.2) is 4.90 Å². The number of rotatable bonds is 42.